The van der Waals surface area contributed by atoms with Crippen molar-refractivity contribution in [2.75, 3.05) is 32.8 Å². The fourth-order valence-electron chi connectivity index (χ4n) is 4.08. The second kappa shape index (κ2) is 9.89. The van der Waals surface area contributed by atoms with Crippen LogP contribution in [0.25, 0.3) is 11.1 Å². The highest BCUT2D eigenvalue weighted by atomic mass is 16.5. The van der Waals surface area contributed by atoms with E-state index >= 15 is 0 Å². The molecule has 0 unspecified atom stereocenters. The summed E-state index contributed by atoms with van der Waals surface area (Å²) in [5.41, 5.74) is 1.28. The quantitative estimate of drug-likeness (QED) is 0.712. The molecule has 7 nitrogen and oxygen atoms in total. The summed E-state index contributed by atoms with van der Waals surface area (Å²) in [5, 5.41) is 3.09. The van der Waals surface area contributed by atoms with Gasteiger partial charge in [-0.25, -0.2) is 4.79 Å². The molecule has 1 saturated heterocycles. The maximum atomic E-state index is 12.5. The van der Waals surface area contributed by atoms with Crippen LogP contribution in [0.2, 0.25) is 0 Å². The lowest BCUT2D eigenvalue weighted by molar-refractivity contribution is -0.121. The lowest BCUT2D eigenvalue weighted by Crippen LogP contribution is -2.52. The van der Waals surface area contributed by atoms with Crippen molar-refractivity contribution in [3.63, 3.8) is 0 Å². The molecule has 1 aliphatic rings. The summed E-state index contributed by atoms with van der Waals surface area (Å²) >= 11 is 0. The van der Waals surface area contributed by atoms with Crippen molar-refractivity contribution in [2.45, 2.75) is 45.7 Å². The number of carbonyl (C=O) groups is 1. The summed E-state index contributed by atoms with van der Waals surface area (Å²) < 4.78 is 12.2. The number of aromatic nitrogens is 1. The number of aryl methyl sites for hydroxylation is 1. The van der Waals surface area contributed by atoms with Gasteiger partial charge in [0.25, 0.3) is 0 Å². The van der Waals surface area contributed by atoms with Crippen LogP contribution in [0.15, 0.2) is 33.5 Å². The van der Waals surface area contributed by atoms with Crippen LogP contribution in [0.4, 0.5) is 0 Å². The van der Waals surface area contributed by atoms with Gasteiger partial charge in [-0.3, -0.25) is 14.3 Å². The van der Waals surface area contributed by atoms with Crippen molar-refractivity contribution in [1.82, 2.24) is 14.8 Å². The average Bonchev–Trinajstić information content (AvgIpc) is 3.05. The van der Waals surface area contributed by atoms with Gasteiger partial charge >= 0.3 is 5.76 Å². The zero-order valence-electron chi connectivity index (χ0n) is 16.9. The van der Waals surface area contributed by atoms with E-state index in [4.69, 9.17) is 9.15 Å². The normalized spacial score (nSPS) is 16.5. The van der Waals surface area contributed by atoms with Crippen molar-refractivity contribution >= 4 is 17.0 Å². The van der Waals surface area contributed by atoms with E-state index < -0.39 is 5.76 Å². The van der Waals surface area contributed by atoms with Crippen LogP contribution in [-0.4, -0.2) is 54.3 Å². The molecule has 1 amide bonds. The standard InChI is InChI=1S/C21H31N3O4/c1-3-16(4-2)18(23-11-13-27-14-12-23)15-22-20(25)9-10-24-17-7-5-6-8-19(17)28-21(24)26/h5-8,16,18H,3-4,9-15H2,1-2H3,(H,22,25)/t18-/m0/s1. The minimum Gasteiger partial charge on any atom is -0.408 e. The van der Waals surface area contributed by atoms with E-state index in [9.17, 15) is 9.59 Å². The van der Waals surface area contributed by atoms with Crippen molar-refractivity contribution < 1.29 is 13.9 Å². The number of amides is 1. The number of oxazole rings is 1. The summed E-state index contributed by atoms with van der Waals surface area (Å²) in [6.07, 6.45) is 2.43. The molecule has 0 aliphatic carbocycles. The molecule has 0 spiro atoms. The lowest BCUT2D eigenvalue weighted by atomic mass is 9.92. The molecule has 1 atom stereocenters. The van der Waals surface area contributed by atoms with Gasteiger partial charge in [-0.05, 0) is 18.1 Å². The molecule has 28 heavy (non-hydrogen) atoms. The van der Waals surface area contributed by atoms with Crippen LogP contribution in [0.5, 0.6) is 0 Å². The molecule has 1 fully saturated rings. The molecule has 2 heterocycles. The Balaban J connectivity index is 1.58. The number of fused-ring (bicyclic) bond motifs is 1. The molecule has 0 radical (unpaired) electrons. The zero-order chi connectivity index (χ0) is 19.9. The third-order valence-electron chi connectivity index (χ3n) is 5.75. The van der Waals surface area contributed by atoms with E-state index in [1.807, 2.05) is 18.2 Å². The molecule has 3 rings (SSSR count). The first-order valence-electron chi connectivity index (χ1n) is 10.3. The summed E-state index contributed by atoms with van der Waals surface area (Å²) in [7, 11) is 0. The molecule has 154 valence electrons. The number of nitrogens with zero attached hydrogens (tertiary/aromatic N) is 2. The minimum absolute atomic E-state index is 0.0404. The van der Waals surface area contributed by atoms with Crippen molar-refractivity contribution in [3.05, 3.63) is 34.8 Å². The fourth-order valence-corrected chi connectivity index (χ4v) is 4.08. The van der Waals surface area contributed by atoms with Gasteiger partial charge in [0.15, 0.2) is 5.58 Å². The SMILES string of the molecule is CCC(CC)[C@H](CNC(=O)CCn1c(=O)oc2ccccc21)N1CCOCC1. The molecular formula is C21H31N3O4. The summed E-state index contributed by atoms with van der Waals surface area (Å²) in [6.45, 7) is 8.68. The monoisotopic (exact) mass is 389 g/mol. The number of morpholine rings is 1. The van der Waals surface area contributed by atoms with Gasteiger partial charge in [0.1, 0.15) is 0 Å². The lowest BCUT2D eigenvalue weighted by Gasteiger charge is -2.38. The number of nitrogens with one attached hydrogen (secondary N) is 1. The fraction of sp³-hybridized carbons (Fsp3) is 0.619. The van der Waals surface area contributed by atoms with Crippen LogP contribution in [0, 0.1) is 5.92 Å². The molecule has 1 aromatic heterocycles. The molecule has 1 aliphatic heterocycles. The number of rotatable bonds is 9. The van der Waals surface area contributed by atoms with Crippen molar-refractivity contribution in [1.29, 1.82) is 0 Å². The molecular weight excluding hydrogens is 358 g/mol. The molecule has 2 aromatic rings. The second-order valence-electron chi connectivity index (χ2n) is 7.33. The van der Waals surface area contributed by atoms with Gasteiger partial charge in [-0.15, -0.1) is 0 Å². The van der Waals surface area contributed by atoms with E-state index in [0.717, 1.165) is 44.7 Å². The van der Waals surface area contributed by atoms with E-state index in [2.05, 4.69) is 24.1 Å². The highest BCUT2D eigenvalue weighted by molar-refractivity contribution is 5.76. The number of hydrogen-bond acceptors (Lipinski definition) is 5. The predicted octanol–water partition coefficient (Wildman–Crippen LogP) is 2.24. The first-order valence-corrected chi connectivity index (χ1v) is 10.3. The first-order chi connectivity index (χ1) is 13.6. The van der Waals surface area contributed by atoms with Crippen molar-refractivity contribution in [2.24, 2.45) is 5.92 Å². The topological polar surface area (TPSA) is 76.7 Å². The van der Waals surface area contributed by atoms with Gasteiger partial charge < -0.3 is 14.5 Å². The maximum Gasteiger partial charge on any atom is 0.419 e. The van der Waals surface area contributed by atoms with Gasteiger partial charge in [-0.2, -0.15) is 0 Å². The van der Waals surface area contributed by atoms with Crippen LogP contribution in [-0.2, 0) is 16.1 Å². The Kier molecular flexibility index (Phi) is 7.28. The second-order valence-corrected chi connectivity index (χ2v) is 7.33. The van der Waals surface area contributed by atoms with Crippen molar-refractivity contribution in [3.8, 4) is 0 Å². The van der Waals surface area contributed by atoms with Crippen LogP contribution in [0.3, 0.4) is 0 Å². The number of carbonyl (C=O) groups excluding carboxylic acids is 1. The van der Waals surface area contributed by atoms with Gasteiger partial charge in [0, 0.05) is 38.6 Å². The molecule has 0 saturated carbocycles. The molecule has 0 bridgehead atoms. The number of benzene rings is 1. The number of para-hydroxylation sites is 2. The Hall–Kier alpha value is -2.12. The zero-order valence-corrected chi connectivity index (χ0v) is 16.9. The Morgan fingerprint density at radius 2 is 1.89 bits per heavy atom. The van der Waals surface area contributed by atoms with E-state index in [1.54, 1.807) is 6.07 Å². The Morgan fingerprint density at radius 1 is 1.18 bits per heavy atom. The Bertz CT molecular complexity index is 818. The van der Waals surface area contributed by atoms with Crippen LogP contribution in [0.1, 0.15) is 33.1 Å². The van der Waals surface area contributed by atoms with Gasteiger partial charge in [-0.1, -0.05) is 38.8 Å². The number of hydrogen-bond donors (Lipinski definition) is 1. The third kappa shape index (κ3) is 4.83. The van der Waals surface area contributed by atoms with Crippen LogP contribution < -0.4 is 11.1 Å². The Labute approximate surface area is 165 Å². The molecule has 1 aromatic carbocycles. The molecule has 7 heteroatoms. The summed E-state index contributed by atoms with van der Waals surface area (Å²) in [4.78, 5) is 26.9. The summed E-state index contributed by atoms with van der Waals surface area (Å²) in [5.74, 6) is 0.0810. The largest absolute Gasteiger partial charge is 0.419 e. The predicted molar refractivity (Wildman–Crippen MR) is 108 cm³/mol. The summed E-state index contributed by atoms with van der Waals surface area (Å²) in [6, 6.07) is 7.60. The highest BCUT2D eigenvalue weighted by Crippen LogP contribution is 2.19. The molecule has 1 N–H and O–H groups in total. The van der Waals surface area contributed by atoms with Gasteiger partial charge in [0.2, 0.25) is 5.91 Å². The smallest absolute Gasteiger partial charge is 0.408 e. The minimum atomic E-state index is -0.419. The third-order valence-corrected chi connectivity index (χ3v) is 5.75. The Morgan fingerprint density at radius 3 is 2.61 bits per heavy atom. The van der Waals surface area contributed by atoms with E-state index in [-0.39, 0.29) is 12.3 Å². The highest BCUT2D eigenvalue weighted by Gasteiger charge is 2.27. The van der Waals surface area contributed by atoms with Gasteiger partial charge in [0.05, 0.1) is 18.7 Å². The van der Waals surface area contributed by atoms with E-state index in [1.165, 1.54) is 4.57 Å². The van der Waals surface area contributed by atoms with Crippen LogP contribution >= 0.6 is 0 Å². The first kappa shape index (κ1) is 20.6. The van der Waals surface area contributed by atoms with E-state index in [0.29, 0.717) is 30.6 Å². The number of ether oxygens (including phenoxy) is 1. The maximum absolute atomic E-state index is 12.5. The average molecular weight is 389 g/mol.